The number of phenols is 1. The van der Waals surface area contributed by atoms with Crippen molar-refractivity contribution in [3.05, 3.63) is 53.3 Å². The number of halogens is 1. The molecule has 2 rings (SSSR count). The van der Waals surface area contributed by atoms with Crippen molar-refractivity contribution >= 4 is 23.2 Å². The molecule has 0 atom stereocenters. The number of aromatic hydroxyl groups is 1. The maximum absolute atomic E-state index is 12.2. The Bertz CT molecular complexity index is 587. The summed E-state index contributed by atoms with van der Waals surface area (Å²) in [4.78, 5) is 17.4. The Kier molecular flexibility index (Phi) is 3.48. The highest BCUT2D eigenvalue weighted by Crippen LogP contribution is 2.21. The summed E-state index contributed by atoms with van der Waals surface area (Å²) in [5.74, 6) is -0.107. The van der Waals surface area contributed by atoms with Crippen molar-refractivity contribution in [3.63, 3.8) is 0 Å². The molecule has 0 spiro atoms. The summed E-state index contributed by atoms with van der Waals surface area (Å²) >= 11 is 5.74. The van der Waals surface area contributed by atoms with Crippen molar-refractivity contribution in [2.24, 2.45) is 0 Å². The van der Waals surface area contributed by atoms with Gasteiger partial charge < -0.3 is 10.0 Å². The lowest BCUT2D eigenvalue weighted by Gasteiger charge is -2.17. The van der Waals surface area contributed by atoms with E-state index >= 15 is 0 Å². The molecule has 0 aliphatic rings. The van der Waals surface area contributed by atoms with Crippen LogP contribution < -0.4 is 4.90 Å². The van der Waals surface area contributed by atoms with Gasteiger partial charge in [0, 0.05) is 30.6 Å². The number of hydrogen-bond donors (Lipinski definition) is 1. The highest BCUT2D eigenvalue weighted by Gasteiger charge is 2.14. The molecule has 0 fully saturated rings. The minimum atomic E-state index is -0.218. The Morgan fingerprint density at radius 1 is 1.33 bits per heavy atom. The third kappa shape index (κ3) is 2.60. The number of pyridine rings is 1. The summed E-state index contributed by atoms with van der Waals surface area (Å²) in [6.07, 6.45) is 1.48. The molecule has 0 bridgehead atoms. The zero-order valence-corrected chi connectivity index (χ0v) is 10.4. The summed E-state index contributed by atoms with van der Waals surface area (Å²) in [6.45, 7) is 0. The number of carbonyl (C=O) groups excluding carboxylic acids is 1. The van der Waals surface area contributed by atoms with E-state index in [1.54, 1.807) is 31.3 Å². The number of hydrogen-bond acceptors (Lipinski definition) is 3. The van der Waals surface area contributed by atoms with Crippen LogP contribution in [0, 0.1) is 0 Å². The second-order valence-corrected chi connectivity index (χ2v) is 4.14. The van der Waals surface area contributed by atoms with Crippen molar-refractivity contribution in [1.82, 2.24) is 4.98 Å². The molecular weight excluding hydrogens is 252 g/mol. The van der Waals surface area contributed by atoms with Gasteiger partial charge in [-0.05, 0) is 24.3 Å². The minimum Gasteiger partial charge on any atom is -0.508 e. The smallest absolute Gasteiger partial charge is 0.258 e. The fraction of sp³-hybridized carbons (Fsp3) is 0.0769. The van der Waals surface area contributed by atoms with Gasteiger partial charge in [0.05, 0.1) is 0 Å². The van der Waals surface area contributed by atoms with Crippen molar-refractivity contribution < 1.29 is 9.90 Å². The van der Waals surface area contributed by atoms with Crippen LogP contribution in [0.25, 0.3) is 0 Å². The van der Waals surface area contributed by atoms with Crippen molar-refractivity contribution in [3.8, 4) is 5.75 Å². The first-order valence-electron chi connectivity index (χ1n) is 5.26. The molecule has 0 saturated carbocycles. The fourth-order valence-corrected chi connectivity index (χ4v) is 1.72. The second-order valence-electron chi connectivity index (χ2n) is 3.75. The van der Waals surface area contributed by atoms with Gasteiger partial charge >= 0.3 is 0 Å². The first kappa shape index (κ1) is 12.4. The molecule has 1 heterocycles. The molecule has 1 amide bonds. The predicted octanol–water partition coefficient (Wildman–Crippen LogP) is 2.72. The van der Waals surface area contributed by atoms with Crippen molar-refractivity contribution in [2.45, 2.75) is 0 Å². The fourth-order valence-electron chi connectivity index (χ4n) is 1.55. The van der Waals surface area contributed by atoms with Gasteiger partial charge in [-0.2, -0.15) is 0 Å². The van der Waals surface area contributed by atoms with Crippen molar-refractivity contribution in [1.29, 1.82) is 0 Å². The molecule has 1 aromatic heterocycles. The van der Waals surface area contributed by atoms with Gasteiger partial charge in [0.15, 0.2) is 0 Å². The minimum absolute atomic E-state index is 0.111. The number of carbonyl (C=O) groups is 1. The van der Waals surface area contributed by atoms with E-state index in [9.17, 15) is 9.90 Å². The molecular formula is C13H11ClN2O2. The van der Waals surface area contributed by atoms with Crippen LogP contribution in [0.3, 0.4) is 0 Å². The Balaban J connectivity index is 2.29. The molecule has 92 valence electrons. The maximum Gasteiger partial charge on any atom is 0.258 e. The predicted molar refractivity (Wildman–Crippen MR) is 70.1 cm³/mol. The molecule has 0 radical (unpaired) electrons. The van der Waals surface area contributed by atoms with Crippen LogP contribution in [0.4, 0.5) is 5.69 Å². The molecule has 5 heteroatoms. The Hall–Kier alpha value is -2.07. The maximum atomic E-state index is 12.2. The number of phenolic OH excluding ortho intramolecular Hbond substituents is 1. The first-order valence-corrected chi connectivity index (χ1v) is 5.64. The summed E-state index contributed by atoms with van der Waals surface area (Å²) in [5, 5.41) is 9.66. The number of rotatable bonds is 2. The molecule has 0 aliphatic heterocycles. The summed E-state index contributed by atoms with van der Waals surface area (Å²) in [6, 6.07) is 9.57. The van der Waals surface area contributed by atoms with E-state index in [2.05, 4.69) is 4.98 Å². The first-order chi connectivity index (χ1) is 8.58. The number of nitrogens with zero attached hydrogens (tertiary/aromatic N) is 2. The van der Waals surface area contributed by atoms with Crippen LogP contribution >= 0.6 is 11.6 Å². The quantitative estimate of drug-likeness (QED) is 0.847. The Morgan fingerprint density at radius 2 is 2.11 bits per heavy atom. The summed E-state index contributed by atoms with van der Waals surface area (Å²) in [5.41, 5.74) is 1.05. The zero-order valence-electron chi connectivity index (χ0n) is 9.67. The number of benzene rings is 1. The zero-order chi connectivity index (χ0) is 13.1. The normalized spacial score (nSPS) is 10.1. The highest BCUT2D eigenvalue weighted by atomic mass is 35.5. The lowest BCUT2D eigenvalue weighted by atomic mass is 10.2. The van der Waals surface area contributed by atoms with E-state index < -0.39 is 0 Å². The molecule has 0 saturated heterocycles. The van der Waals surface area contributed by atoms with Crippen LogP contribution in [0.2, 0.25) is 5.15 Å². The topological polar surface area (TPSA) is 53.4 Å². The number of amides is 1. The van der Waals surface area contributed by atoms with Gasteiger partial charge in [-0.3, -0.25) is 4.79 Å². The van der Waals surface area contributed by atoms with E-state index in [4.69, 9.17) is 11.6 Å². The van der Waals surface area contributed by atoms with Gasteiger partial charge in [-0.25, -0.2) is 4.98 Å². The average molecular weight is 263 g/mol. The van der Waals surface area contributed by atoms with Gasteiger partial charge in [0.2, 0.25) is 0 Å². The van der Waals surface area contributed by atoms with Gasteiger partial charge in [0.25, 0.3) is 5.91 Å². The highest BCUT2D eigenvalue weighted by molar-refractivity contribution is 6.29. The molecule has 18 heavy (non-hydrogen) atoms. The Labute approximate surface area is 109 Å². The molecule has 4 nitrogen and oxygen atoms in total. The largest absolute Gasteiger partial charge is 0.508 e. The number of anilines is 1. The molecule has 2 aromatic rings. The molecule has 1 N–H and O–H groups in total. The lowest BCUT2D eigenvalue weighted by Crippen LogP contribution is -2.26. The van der Waals surface area contributed by atoms with Crippen LogP contribution in [-0.2, 0) is 0 Å². The van der Waals surface area contributed by atoms with Gasteiger partial charge in [0.1, 0.15) is 10.9 Å². The van der Waals surface area contributed by atoms with Gasteiger partial charge in [-0.15, -0.1) is 0 Å². The van der Waals surface area contributed by atoms with E-state index in [-0.39, 0.29) is 16.8 Å². The third-order valence-electron chi connectivity index (χ3n) is 2.50. The van der Waals surface area contributed by atoms with Crippen LogP contribution in [0.5, 0.6) is 5.75 Å². The number of aromatic nitrogens is 1. The molecule has 0 unspecified atom stereocenters. The van der Waals surface area contributed by atoms with Crippen LogP contribution in [0.1, 0.15) is 10.4 Å². The summed E-state index contributed by atoms with van der Waals surface area (Å²) in [7, 11) is 1.63. The Morgan fingerprint density at radius 3 is 2.78 bits per heavy atom. The van der Waals surface area contributed by atoms with Crippen LogP contribution in [-0.4, -0.2) is 23.0 Å². The van der Waals surface area contributed by atoms with E-state index in [1.165, 1.54) is 23.2 Å². The molecule has 1 aromatic carbocycles. The van der Waals surface area contributed by atoms with Crippen molar-refractivity contribution in [2.75, 3.05) is 11.9 Å². The van der Waals surface area contributed by atoms with E-state index in [0.717, 1.165) is 0 Å². The van der Waals surface area contributed by atoms with E-state index in [1.807, 2.05) is 0 Å². The molecule has 0 aliphatic carbocycles. The third-order valence-corrected chi connectivity index (χ3v) is 2.70. The average Bonchev–Trinajstić information content (AvgIpc) is 2.37. The monoisotopic (exact) mass is 262 g/mol. The lowest BCUT2D eigenvalue weighted by molar-refractivity contribution is 0.0993. The second kappa shape index (κ2) is 5.06. The van der Waals surface area contributed by atoms with Gasteiger partial charge in [-0.1, -0.05) is 17.7 Å². The van der Waals surface area contributed by atoms with E-state index in [0.29, 0.717) is 11.3 Å². The van der Waals surface area contributed by atoms with Crippen LogP contribution in [0.15, 0.2) is 42.6 Å². The summed E-state index contributed by atoms with van der Waals surface area (Å²) < 4.78 is 0. The standard InChI is InChI=1S/C13H11ClN2O2/c1-16(10-3-2-4-11(17)8-10)13(18)9-5-6-15-12(14)7-9/h2-8,17H,1H3. The SMILES string of the molecule is CN(C(=O)c1ccnc(Cl)c1)c1cccc(O)c1.